The van der Waals surface area contributed by atoms with Gasteiger partial charge in [0.05, 0.1) is 24.3 Å². The topological polar surface area (TPSA) is 92.8 Å². The zero-order chi connectivity index (χ0) is 19.7. The van der Waals surface area contributed by atoms with E-state index in [1.165, 1.54) is 7.11 Å². The molecule has 3 aromatic rings. The highest BCUT2D eigenvalue weighted by Crippen LogP contribution is 2.36. The molecule has 7 nitrogen and oxygen atoms in total. The molecule has 1 unspecified atom stereocenters. The quantitative estimate of drug-likeness (QED) is 0.710. The Labute approximate surface area is 161 Å². The largest absolute Gasteiger partial charge is 0.466 e. The van der Waals surface area contributed by atoms with Crippen LogP contribution in [0.2, 0.25) is 0 Å². The van der Waals surface area contributed by atoms with Gasteiger partial charge in [-0.25, -0.2) is 9.48 Å². The first-order valence-electron chi connectivity index (χ1n) is 8.70. The van der Waals surface area contributed by atoms with E-state index in [0.717, 1.165) is 11.1 Å². The Morgan fingerprint density at radius 3 is 2.54 bits per heavy atom. The van der Waals surface area contributed by atoms with E-state index in [9.17, 15) is 4.79 Å². The van der Waals surface area contributed by atoms with Crippen LogP contribution in [0, 0.1) is 11.3 Å². The summed E-state index contributed by atoms with van der Waals surface area (Å²) < 4.78 is 6.70. The number of hydrogen-bond acceptors (Lipinski definition) is 6. The van der Waals surface area contributed by atoms with Crippen molar-refractivity contribution in [3.8, 4) is 17.5 Å². The predicted molar refractivity (Wildman–Crippen MR) is 103 cm³/mol. The number of methoxy groups -OCH3 is 1. The molecule has 0 fully saturated rings. The number of carbonyl (C=O) groups excluding carboxylic acids is 1. The predicted octanol–water partition coefficient (Wildman–Crippen LogP) is 3.28. The molecule has 0 saturated carbocycles. The molecule has 0 spiro atoms. The van der Waals surface area contributed by atoms with Crippen LogP contribution in [0.1, 0.15) is 24.1 Å². The van der Waals surface area contributed by atoms with Gasteiger partial charge in [-0.1, -0.05) is 42.5 Å². The van der Waals surface area contributed by atoms with E-state index in [1.807, 2.05) is 49.4 Å². The number of aromatic nitrogens is 3. The standard InChI is InChI=1S/C21H17N5O2/c1-13-17(20(27)28-2)18(15-10-8-14(12-22)9-11-15)26-21(23-13)24-19(25-26)16-6-4-3-5-7-16/h3-11,18H,1-2H3,(H,23,24,25). The molecule has 2 aromatic carbocycles. The third-order valence-electron chi connectivity index (χ3n) is 4.65. The van der Waals surface area contributed by atoms with Gasteiger partial charge in [-0.05, 0) is 24.6 Å². The molecule has 2 heterocycles. The summed E-state index contributed by atoms with van der Waals surface area (Å²) in [6.45, 7) is 1.81. The summed E-state index contributed by atoms with van der Waals surface area (Å²) in [5.74, 6) is 0.654. The number of ether oxygens (including phenoxy) is 1. The monoisotopic (exact) mass is 371 g/mol. The number of fused-ring (bicyclic) bond motifs is 1. The van der Waals surface area contributed by atoms with Crippen molar-refractivity contribution in [1.29, 1.82) is 5.26 Å². The maximum absolute atomic E-state index is 12.5. The third-order valence-corrected chi connectivity index (χ3v) is 4.65. The molecule has 28 heavy (non-hydrogen) atoms. The first-order chi connectivity index (χ1) is 13.6. The molecule has 0 bridgehead atoms. The smallest absolute Gasteiger partial charge is 0.338 e. The van der Waals surface area contributed by atoms with E-state index in [4.69, 9.17) is 10.00 Å². The second-order valence-corrected chi connectivity index (χ2v) is 6.36. The molecule has 1 atom stereocenters. The lowest BCUT2D eigenvalue weighted by Crippen LogP contribution is -2.29. The van der Waals surface area contributed by atoms with Crippen LogP contribution >= 0.6 is 0 Å². The van der Waals surface area contributed by atoms with Crippen LogP contribution < -0.4 is 5.32 Å². The first-order valence-corrected chi connectivity index (χ1v) is 8.70. The van der Waals surface area contributed by atoms with Crippen LogP contribution in [-0.4, -0.2) is 27.8 Å². The number of nitrogens with zero attached hydrogens (tertiary/aromatic N) is 4. The molecule has 4 rings (SSSR count). The Morgan fingerprint density at radius 2 is 1.89 bits per heavy atom. The highest BCUT2D eigenvalue weighted by molar-refractivity contribution is 5.92. The zero-order valence-corrected chi connectivity index (χ0v) is 15.4. The normalized spacial score (nSPS) is 15.4. The van der Waals surface area contributed by atoms with Crippen LogP contribution in [0.15, 0.2) is 65.9 Å². The van der Waals surface area contributed by atoms with Gasteiger partial charge in [0.25, 0.3) is 0 Å². The number of hydrogen-bond donors (Lipinski definition) is 1. The van der Waals surface area contributed by atoms with E-state index in [0.29, 0.717) is 28.6 Å². The number of allylic oxidation sites excluding steroid dienone is 1. The summed E-state index contributed by atoms with van der Waals surface area (Å²) >= 11 is 0. The fraction of sp³-hybridized carbons (Fsp3) is 0.143. The van der Waals surface area contributed by atoms with Gasteiger partial charge in [-0.3, -0.25) is 0 Å². The molecule has 138 valence electrons. The highest BCUT2D eigenvalue weighted by atomic mass is 16.5. The summed E-state index contributed by atoms with van der Waals surface area (Å²) in [5.41, 5.74) is 3.33. The fourth-order valence-corrected chi connectivity index (χ4v) is 3.28. The van der Waals surface area contributed by atoms with Gasteiger partial charge in [-0.15, -0.1) is 5.10 Å². The third kappa shape index (κ3) is 2.91. The minimum Gasteiger partial charge on any atom is -0.466 e. The lowest BCUT2D eigenvalue weighted by molar-refractivity contribution is -0.136. The summed E-state index contributed by atoms with van der Waals surface area (Å²) in [5, 5.41) is 16.9. The molecule has 1 aliphatic heterocycles. The second kappa shape index (κ2) is 7.00. The average molecular weight is 371 g/mol. The van der Waals surface area contributed by atoms with E-state index in [-0.39, 0.29) is 0 Å². The van der Waals surface area contributed by atoms with Crippen molar-refractivity contribution in [2.45, 2.75) is 13.0 Å². The lowest BCUT2D eigenvalue weighted by atomic mass is 9.95. The summed E-state index contributed by atoms with van der Waals surface area (Å²) in [6, 6.07) is 18.3. The number of nitriles is 1. The second-order valence-electron chi connectivity index (χ2n) is 6.36. The van der Waals surface area contributed by atoms with Crippen LogP contribution in [-0.2, 0) is 9.53 Å². The number of benzene rings is 2. The van der Waals surface area contributed by atoms with E-state index in [2.05, 4.69) is 21.5 Å². The highest BCUT2D eigenvalue weighted by Gasteiger charge is 2.35. The van der Waals surface area contributed by atoms with E-state index >= 15 is 0 Å². The van der Waals surface area contributed by atoms with Crippen molar-refractivity contribution in [2.75, 3.05) is 12.4 Å². The molecule has 0 saturated heterocycles. The average Bonchev–Trinajstić information content (AvgIpc) is 3.16. The molecular weight excluding hydrogens is 354 g/mol. The Morgan fingerprint density at radius 1 is 1.18 bits per heavy atom. The van der Waals surface area contributed by atoms with Gasteiger partial charge in [0.2, 0.25) is 5.95 Å². The van der Waals surface area contributed by atoms with Crippen molar-refractivity contribution < 1.29 is 9.53 Å². The number of nitrogens with one attached hydrogen (secondary N) is 1. The molecule has 1 N–H and O–H groups in total. The summed E-state index contributed by atoms with van der Waals surface area (Å²) in [4.78, 5) is 17.1. The van der Waals surface area contributed by atoms with Gasteiger partial charge in [-0.2, -0.15) is 10.2 Å². The van der Waals surface area contributed by atoms with Crippen molar-refractivity contribution in [1.82, 2.24) is 14.8 Å². The van der Waals surface area contributed by atoms with Gasteiger partial charge < -0.3 is 10.1 Å². The Balaban J connectivity index is 1.88. The minimum absolute atomic E-state index is 0.443. The van der Waals surface area contributed by atoms with Crippen LogP contribution in [0.4, 0.5) is 5.95 Å². The minimum atomic E-state index is -0.513. The SMILES string of the molecule is COC(=O)C1=C(C)Nc2nc(-c3ccccc3)nn2C1c1ccc(C#N)cc1. The lowest BCUT2D eigenvalue weighted by Gasteiger charge is -2.27. The molecule has 0 radical (unpaired) electrons. The maximum Gasteiger partial charge on any atom is 0.338 e. The number of rotatable bonds is 3. The van der Waals surface area contributed by atoms with Gasteiger partial charge >= 0.3 is 5.97 Å². The van der Waals surface area contributed by atoms with Crippen LogP contribution in [0.5, 0.6) is 0 Å². The molecule has 0 aliphatic carbocycles. The van der Waals surface area contributed by atoms with Crippen molar-refractivity contribution >= 4 is 11.9 Å². The molecule has 1 aliphatic rings. The van der Waals surface area contributed by atoms with E-state index < -0.39 is 12.0 Å². The molecular formula is C21H17N5O2. The van der Waals surface area contributed by atoms with E-state index in [1.54, 1.807) is 16.8 Å². The Kier molecular flexibility index (Phi) is 4.38. The number of esters is 1. The van der Waals surface area contributed by atoms with Crippen molar-refractivity contribution in [3.63, 3.8) is 0 Å². The van der Waals surface area contributed by atoms with Crippen molar-refractivity contribution in [3.05, 3.63) is 77.0 Å². The number of anilines is 1. The van der Waals surface area contributed by atoms with Gasteiger partial charge in [0.15, 0.2) is 5.82 Å². The summed E-state index contributed by atoms with van der Waals surface area (Å²) in [6.07, 6.45) is 0. The van der Waals surface area contributed by atoms with Crippen molar-refractivity contribution in [2.24, 2.45) is 0 Å². The molecule has 7 heteroatoms. The zero-order valence-electron chi connectivity index (χ0n) is 15.4. The molecule has 0 amide bonds. The van der Waals surface area contributed by atoms with Crippen LogP contribution in [0.3, 0.4) is 0 Å². The summed E-state index contributed by atoms with van der Waals surface area (Å²) in [7, 11) is 1.35. The Bertz CT molecular complexity index is 1110. The van der Waals surface area contributed by atoms with Gasteiger partial charge in [0, 0.05) is 11.3 Å². The fourth-order valence-electron chi connectivity index (χ4n) is 3.28. The van der Waals surface area contributed by atoms with Crippen LogP contribution in [0.25, 0.3) is 11.4 Å². The first kappa shape index (κ1) is 17.5. The van der Waals surface area contributed by atoms with Gasteiger partial charge in [0.1, 0.15) is 6.04 Å². The molecule has 1 aromatic heterocycles. The Hall–Kier alpha value is -3.92. The maximum atomic E-state index is 12.5. The number of carbonyl (C=O) groups is 1.